The van der Waals surface area contributed by atoms with Gasteiger partial charge in [0.25, 0.3) is 5.69 Å². The molecule has 1 aliphatic rings. The van der Waals surface area contributed by atoms with E-state index in [1.807, 2.05) is 0 Å². The fraction of sp³-hybridized carbons (Fsp3) is 0.300. The molecule has 0 bridgehead atoms. The molecule has 0 saturated heterocycles. The van der Waals surface area contributed by atoms with Gasteiger partial charge in [0.15, 0.2) is 5.50 Å². The van der Waals surface area contributed by atoms with Crippen LogP contribution >= 0.6 is 23.4 Å². The minimum absolute atomic E-state index is 0.285. The van der Waals surface area contributed by atoms with Gasteiger partial charge in [-0.05, 0) is 0 Å². The number of benzene rings is 1. The second-order valence-electron chi connectivity index (χ2n) is 4.43. The third-order valence-electron chi connectivity index (χ3n) is 2.78. The first-order valence-corrected chi connectivity index (χ1v) is 7.20. The maximum absolute atomic E-state index is 12.7. The zero-order chi connectivity index (χ0) is 18.2. The molecule has 1 aliphatic heterocycles. The number of nitro benzene ring substituents is 2. The highest BCUT2D eigenvalue weighted by atomic mass is 35.5. The Morgan fingerprint density at radius 1 is 1.33 bits per heavy atom. The summed E-state index contributed by atoms with van der Waals surface area (Å²) in [5.74, 6) is 0. The SMILES string of the molecule is CN1N=C(C(F)(F)F)SC1Nc1c(Cl)cc([N+](=O)[O-])cc1[N+](=O)[O-]. The highest BCUT2D eigenvalue weighted by Crippen LogP contribution is 2.40. The molecule has 130 valence electrons. The van der Waals surface area contributed by atoms with Crippen molar-refractivity contribution in [3.05, 3.63) is 37.4 Å². The number of hydrogen-bond donors (Lipinski definition) is 1. The van der Waals surface area contributed by atoms with Crippen LogP contribution in [-0.2, 0) is 0 Å². The molecule has 1 atom stereocenters. The number of nitrogens with one attached hydrogen (secondary N) is 1. The molecular weight excluding hydrogens is 379 g/mol. The number of alkyl halides is 3. The van der Waals surface area contributed by atoms with Crippen LogP contribution in [0.1, 0.15) is 0 Å². The molecule has 0 saturated carbocycles. The van der Waals surface area contributed by atoms with Gasteiger partial charge in [0.2, 0.25) is 5.04 Å². The van der Waals surface area contributed by atoms with Crippen molar-refractivity contribution in [3.8, 4) is 0 Å². The van der Waals surface area contributed by atoms with Crippen molar-refractivity contribution in [3.63, 3.8) is 0 Å². The fourth-order valence-corrected chi connectivity index (χ4v) is 2.90. The van der Waals surface area contributed by atoms with Crippen LogP contribution in [0.15, 0.2) is 17.2 Å². The molecule has 1 aromatic rings. The number of thioether (sulfide) groups is 1. The van der Waals surface area contributed by atoms with E-state index < -0.39 is 37.9 Å². The molecule has 0 aromatic heterocycles. The molecule has 2 rings (SSSR count). The first kappa shape index (κ1) is 18.1. The molecule has 1 heterocycles. The number of hydrogen-bond acceptors (Lipinski definition) is 8. The lowest BCUT2D eigenvalue weighted by Gasteiger charge is -2.20. The number of rotatable bonds is 4. The average molecular weight is 386 g/mol. The Morgan fingerprint density at radius 2 is 1.96 bits per heavy atom. The molecule has 0 spiro atoms. The van der Waals surface area contributed by atoms with E-state index in [2.05, 4.69) is 10.4 Å². The summed E-state index contributed by atoms with van der Waals surface area (Å²) in [6, 6.07) is 1.53. The molecular formula is C10H7ClF3N5O4S. The largest absolute Gasteiger partial charge is 0.441 e. The maximum atomic E-state index is 12.7. The van der Waals surface area contributed by atoms with E-state index in [1.54, 1.807) is 0 Å². The highest BCUT2D eigenvalue weighted by Gasteiger charge is 2.43. The van der Waals surface area contributed by atoms with E-state index in [0.29, 0.717) is 6.07 Å². The molecule has 24 heavy (non-hydrogen) atoms. The Kier molecular flexibility index (Phi) is 4.75. The van der Waals surface area contributed by atoms with Crippen LogP contribution in [0, 0.1) is 20.2 Å². The van der Waals surface area contributed by atoms with Gasteiger partial charge in [-0.1, -0.05) is 23.4 Å². The summed E-state index contributed by atoms with van der Waals surface area (Å²) in [5, 5.41) is 27.0. The van der Waals surface area contributed by atoms with Crippen molar-refractivity contribution in [2.24, 2.45) is 5.10 Å². The minimum Gasteiger partial charge on any atom is -0.348 e. The van der Waals surface area contributed by atoms with E-state index in [0.717, 1.165) is 11.1 Å². The van der Waals surface area contributed by atoms with Crippen LogP contribution in [-0.4, -0.2) is 38.6 Å². The minimum atomic E-state index is -4.67. The second-order valence-corrected chi connectivity index (χ2v) is 5.90. The van der Waals surface area contributed by atoms with E-state index >= 15 is 0 Å². The number of nitro groups is 2. The van der Waals surface area contributed by atoms with Crippen LogP contribution in [0.3, 0.4) is 0 Å². The van der Waals surface area contributed by atoms with Crippen LogP contribution in [0.2, 0.25) is 5.02 Å². The number of non-ortho nitro benzene ring substituents is 1. The molecule has 0 aliphatic carbocycles. The van der Waals surface area contributed by atoms with Crippen molar-refractivity contribution in [2.45, 2.75) is 11.7 Å². The first-order valence-electron chi connectivity index (χ1n) is 5.95. The zero-order valence-electron chi connectivity index (χ0n) is 11.6. The predicted octanol–water partition coefficient (Wildman–Crippen LogP) is 3.41. The average Bonchev–Trinajstić information content (AvgIpc) is 2.81. The van der Waals surface area contributed by atoms with Crippen molar-refractivity contribution < 1.29 is 23.0 Å². The zero-order valence-corrected chi connectivity index (χ0v) is 13.1. The number of nitrogens with zero attached hydrogens (tertiary/aromatic N) is 4. The third-order valence-corrected chi connectivity index (χ3v) is 4.26. The predicted molar refractivity (Wildman–Crippen MR) is 81.0 cm³/mol. The lowest BCUT2D eigenvalue weighted by atomic mass is 10.2. The van der Waals surface area contributed by atoms with Crippen molar-refractivity contribution in [2.75, 3.05) is 12.4 Å². The standard InChI is InChI=1S/C10H7ClF3N5O4S/c1-17-9(24-8(16-17)10(12,13)14)15-7-5(11)2-4(18(20)21)3-6(7)19(22)23/h2-3,9,15H,1H3. The van der Waals surface area contributed by atoms with Crippen LogP contribution < -0.4 is 5.32 Å². The Morgan fingerprint density at radius 3 is 2.42 bits per heavy atom. The van der Waals surface area contributed by atoms with Crippen molar-refractivity contribution >= 4 is 45.5 Å². The molecule has 1 aromatic carbocycles. The van der Waals surface area contributed by atoms with Crippen LogP contribution in [0.5, 0.6) is 0 Å². The Bertz CT molecular complexity index is 744. The molecule has 0 amide bonds. The highest BCUT2D eigenvalue weighted by molar-refractivity contribution is 8.14. The van der Waals surface area contributed by atoms with E-state index in [9.17, 15) is 33.4 Å². The lowest BCUT2D eigenvalue weighted by molar-refractivity contribution is -0.393. The smallest absolute Gasteiger partial charge is 0.348 e. The van der Waals surface area contributed by atoms with Gasteiger partial charge in [-0.2, -0.15) is 18.3 Å². The van der Waals surface area contributed by atoms with Crippen LogP contribution in [0.4, 0.5) is 30.2 Å². The molecule has 14 heteroatoms. The molecule has 1 unspecified atom stereocenters. The summed E-state index contributed by atoms with van der Waals surface area (Å²) in [6.45, 7) is 0. The summed E-state index contributed by atoms with van der Waals surface area (Å²) in [7, 11) is 1.23. The van der Waals surface area contributed by atoms with E-state index in [1.165, 1.54) is 7.05 Å². The van der Waals surface area contributed by atoms with Crippen LogP contribution in [0.25, 0.3) is 0 Å². The molecule has 9 nitrogen and oxygen atoms in total. The summed E-state index contributed by atoms with van der Waals surface area (Å²) in [5.41, 5.74) is -2.81. The first-order chi connectivity index (χ1) is 11.0. The second kappa shape index (κ2) is 6.32. The van der Waals surface area contributed by atoms with Gasteiger partial charge in [-0.25, -0.2) is 0 Å². The van der Waals surface area contributed by atoms with Gasteiger partial charge in [0.05, 0.1) is 20.9 Å². The van der Waals surface area contributed by atoms with Crippen molar-refractivity contribution in [1.82, 2.24) is 5.01 Å². The maximum Gasteiger partial charge on any atom is 0.441 e. The van der Waals surface area contributed by atoms with E-state index in [4.69, 9.17) is 11.6 Å². The quantitative estimate of drug-likeness (QED) is 0.624. The van der Waals surface area contributed by atoms with Gasteiger partial charge in [0, 0.05) is 13.1 Å². The van der Waals surface area contributed by atoms with E-state index in [-0.39, 0.29) is 22.5 Å². The molecule has 0 fully saturated rings. The topological polar surface area (TPSA) is 114 Å². The van der Waals surface area contributed by atoms with Gasteiger partial charge >= 0.3 is 11.9 Å². The normalized spacial score (nSPS) is 17.6. The number of anilines is 1. The Labute approximate surface area is 140 Å². The lowest BCUT2D eigenvalue weighted by Crippen LogP contribution is -2.28. The van der Waals surface area contributed by atoms with Gasteiger partial charge in [-0.3, -0.25) is 25.2 Å². The third kappa shape index (κ3) is 3.62. The monoisotopic (exact) mass is 385 g/mol. The van der Waals surface area contributed by atoms with Gasteiger partial charge in [0.1, 0.15) is 5.69 Å². The van der Waals surface area contributed by atoms with Gasteiger partial charge < -0.3 is 5.32 Å². The Balaban J connectivity index is 2.34. The number of hydrazone groups is 1. The van der Waals surface area contributed by atoms with Crippen molar-refractivity contribution in [1.29, 1.82) is 0 Å². The molecule has 0 radical (unpaired) electrons. The summed E-state index contributed by atoms with van der Waals surface area (Å²) in [4.78, 5) is 20.0. The summed E-state index contributed by atoms with van der Waals surface area (Å²) in [6.07, 6.45) is -4.67. The fourth-order valence-electron chi connectivity index (χ4n) is 1.74. The summed E-state index contributed by atoms with van der Waals surface area (Å²) >= 11 is 6.10. The Hall–Kier alpha value is -2.28. The van der Waals surface area contributed by atoms with Gasteiger partial charge in [-0.15, -0.1) is 0 Å². The molecule has 1 N–H and O–H groups in total. The summed E-state index contributed by atoms with van der Waals surface area (Å²) < 4.78 is 38.0. The number of halogens is 4.